The lowest BCUT2D eigenvalue weighted by molar-refractivity contribution is -0.129. The van der Waals surface area contributed by atoms with Gasteiger partial charge in [-0.3, -0.25) is 19.1 Å². The van der Waals surface area contributed by atoms with Crippen molar-refractivity contribution in [1.82, 2.24) is 14.6 Å². The number of imidazole rings is 1. The van der Waals surface area contributed by atoms with Crippen molar-refractivity contribution in [3.05, 3.63) is 68.6 Å². The normalized spacial score (nSPS) is 11.0. The van der Waals surface area contributed by atoms with Crippen molar-refractivity contribution in [3.8, 4) is 0 Å². The fraction of sp³-hybridized carbons (Fsp3) is 0.125. The molecule has 0 aliphatic heterocycles. The maximum Gasteiger partial charge on any atom is 0.329 e. The van der Waals surface area contributed by atoms with Gasteiger partial charge in [-0.15, -0.1) is 0 Å². The Bertz CT molecular complexity index is 978. The van der Waals surface area contributed by atoms with Crippen LogP contribution in [0.5, 0.6) is 0 Å². The van der Waals surface area contributed by atoms with E-state index in [0.29, 0.717) is 21.1 Å². The number of aromatic nitrogens is 2. The van der Waals surface area contributed by atoms with Crippen molar-refractivity contribution in [2.75, 3.05) is 0 Å². The van der Waals surface area contributed by atoms with Crippen molar-refractivity contribution >= 4 is 40.1 Å². The van der Waals surface area contributed by atoms with Crippen LogP contribution in [0.25, 0.3) is 11.0 Å². The number of hydrogen-bond donors (Lipinski definition) is 2. The van der Waals surface area contributed by atoms with Crippen molar-refractivity contribution in [1.29, 1.82) is 0 Å². The molecule has 0 radical (unpaired) electrons. The summed E-state index contributed by atoms with van der Waals surface area (Å²) < 4.78 is 2.85. The zero-order valence-corrected chi connectivity index (χ0v) is 13.9. The Morgan fingerprint density at radius 1 is 1.04 bits per heavy atom. The summed E-state index contributed by atoms with van der Waals surface area (Å²) in [6.45, 7) is 0.00814. The molecule has 0 saturated heterocycles. The van der Waals surface area contributed by atoms with Crippen molar-refractivity contribution in [3.63, 3.8) is 0 Å². The molecule has 0 unspecified atom stereocenters. The molecule has 124 valence electrons. The Labute approximate surface area is 146 Å². The molecule has 1 aromatic heterocycles. The van der Waals surface area contributed by atoms with Gasteiger partial charge >= 0.3 is 5.69 Å². The van der Waals surface area contributed by atoms with E-state index in [1.807, 2.05) is 6.07 Å². The largest absolute Gasteiger partial charge is 0.329 e. The highest BCUT2D eigenvalue weighted by Crippen LogP contribution is 2.23. The molecule has 0 aliphatic rings. The molecule has 0 spiro atoms. The third-order valence-electron chi connectivity index (χ3n) is 3.68. The summed E-state index contributed by atoms with van der Waals surface area (Å²) in [4.78, 5) is 24.2. The molecule has 0 atom stereocenters. The van der Waals surface area contributed by atoms with Gasteiger partial charge in [-0.25, -0.2) is 10.3 Å². The van der Waals surface area contributed by atoms with Crippen LogP contribution in [-0.4, -0.2) is 20.2 Å². The topological polar surface area (TPSA) is 76.3 Å². The van der Waals surface area contributed by atoms with Gasteiger partial charge < -0.3 is 0 Å². The van der Waals surface area contributed by atoms with E-state index < -0.39 is 5.91 Å². The predicted octanol–water partition coefficient (Wildman–Crippen LogP) is 2.66. The molecule has 0 aliphatic carbocycles. The maximum atomic E-state index is 12.7. The van der Waals surface area contributed by atoms with Gasteiger partial charge in [-0.05, 0) is 29.8 Å². The lowest BCUT2D eigenvalue weighted by Crippen LogP contribution is -2.31. The Morgan fingerprint density at radius 2 is 1.71 bits per heavy atom. The van der Waals surface area contributed by atoms with Crippen LogP contribution in [0.2, 0.25) is 10.0 Å². The molecule has 6 nitrogen and oxygen atoms in total. The number of nitrogens with one attached hydrogen (secondary N) is 1. The average molecular weight is 366 g/mol. The minimum atomic E-state index is -0.672. The second-order valence-corrected chi connectivity index (χ2v) is 6.04. The highest BCUT2D eigenvalue weighted by Gasteiger charge is 2.15. The summed E-state index contributed by atoms with van der Waals surface area (Å²) in [7, 11) is 0. The smallest absolute Gasteiger partial charge is 0.289 e. The molecule has 8 heteroatoms. The lowest BCUT2D eigenvalue weighted by Gasteiger charge is -2.05. The molecule has 3 rings (SSSR count). The van der Waals surface area contributed by atoms with Crippen molar-refractivity contribution < 1.29 is 10.0 Å². The second kappa shape index (κ2) is 6.68. The summed E-state index contributed by atoms with van der Waals surface area (Å²) in [5, 5.41) is 9.56. The Balaban J connectivity index is 2.10. The number of amides is 1. The number of fused-ring (bicyclic) bond motifs is 1. The molecule has 3 aromatic rings. The van der Waals surface area contributed by atoms with Gasteiger partial charge in [0.15, 0.2) is 0 Å². The summed E-state index contributed by atoms with van der Waals surface area (Å²) in [5.41, 5.74) is 3.27. The fourth-order valence-corrected chi connectivity index (χ4v) is 2.90. The van der Waals surface area contributed by atoms with Gasteiger partial charge in [-0.2, -0.15) is 0 Å². The van der Waals surface area contributed by atoms with Crippen LogP contribution in [0.1, 0.15) is 5.56 Å². The van der Waals surface area contributed by atoms with Crippen LogP contribution in [0.4, 0.5) is 0 Å². The quantitative estimate of drug-likeness (QED) is 0.551. The SMILES string of the molecule is O=C(Cn1c(=O)n(Cc2ccc(Cl)c(Cl)c2)c2ccccc21)NO. The molecule has 1 amide bonds. The minimum Gasteiger partial charge on any atom is -0.289 e. The van der Waals surface area contributed by atoms with Gasteiger partial charge in [0.05, 0.1) is 27.6 Å². The number of nitrogens with zero attached hydrogens (tertiary/aromatic N) is 2. The van der Waals surface area contributed by atoms with E-state index in [1.165, 1.54) is 10.0 Å². The van der Waals surface area contributed by atoms with E-state index in [0.717, 1.165) is 5.56 Å². The fourth-order valence-electron chi connectivity index (χ4n) is 2.58. The number of carbonyl (C=O) groups excluding carboxylic acids is 1. The molecule has 2 N–H and O–H groups in total. The first-order valence-electron chi connectivity index (χ1n) is 7.06. The van der Waals surface area contributed by atoms with Crippen LogP contribution in [0.3, 0.4) is 0 Å². The number of hydrogen-bond acceptors (Lipinski definition) is 3. The Hall–Kier alpha value is -2.28. The van der Waals surface area contributed by atoms with Gasteiger partial charge in [0, 0.05) is 0 Å². The highest BCUT2D eigenvalue weighted by molar-refractivity contribution is 6.42. The van der Waals surface area contributed by atoms with Gasteiger partial charge in [0.25, 0.3) is 5.91 Å². The molecule has 0 bridgehead atoms. The van der Waals surface area contributed by atoms with Crippen LogP contribution in [-0.2, 0) is 17.9 Å². The maximum absolute atomic E-state index is 12.7. The zero-order chi connectivity index (χ0) is 17.3. The zero-order valence-electron chi connectivity index (χ0n) is 12.4. The molecular weight excluding hydrogens is 353 g/mol. The molecular formula is C16H13Cl2N3O3. The summed E-state index contributed by atoms with van der Waals surface area (Å²) in [5.74, 6) is -0.672. The molecule has 2 aromatic carbocycles. The van der Waals surface area contributed by atoms with Gasteiger partial charge in [0.2, 0.25) is 0 Å². The number of carbonyl (C=O) groups is 1. The summed E-state index contributed by atoms with van der Waals surface area (Å²) in [6.07, 6.45) is 0. The van der Waals surface area contributed by atoms with E-state index in [-0.39, 0.29) is 18.8 Å². The van der Waals surface area contributed by atoms with Crippen LogP contribution < -0.4 is 11.2 Å². The molecule has 1 heterocycles. The second-order valence-electron chi connectivity index (χ2n) is 5.23. The van der Waals surface area contributed by atoms with Crippen molar-refractivity contribution in [2.24, 2.45) is 0 Å². The van der Waals surface area contributed by atoms with Crippen LogP contribution in [0.15, 0.2) is 47.3 Å². The standard InChI is InChI=1S/C16H13Cl2N3O3/c17-11-6-5-10(7-12(11)18)8-20-13-3-1-2-4-14(13)21(16(20)23)9-15(22)19-24/h1-7,24H,8-9H2,(H,19,22). The van der Waals surface area contributed by atoms with E-state index in [2.05, 4.69) is 0 Å². The highest BCUT2D eigenvalue weighted by atomic mass is 35.5. The van der Waals surface area contributed by atoms with E-state index in [1.54, 1.807) is 41.0 Å². The molecule has 0 saturated carbocycles. The third kappa shape index (κ3) is 3.03. The number of benzene rings is 2. The number of rotatable bonds is 4. The number of halogens is 2. The summed E-state index contributed by atoms with van der Waals surface area (Å²) >= 11 is 11.9. The Morgan fingerprint density at radius 3 is 2.33 bits per heavy atom. The van der Waals surface area contributed by atoms with Gasteiger partial charge in [-0.1, -0.05) is 41.4 Å². The van der Waals surface area contributed by atoms with Crippen LogP contribution in [0, 0.1) is 0 Å². The third-order valence-corrected chi connectivity index (χ3v) is 4.42. The first-order chi connectivity index (χ1) is 11.5. The minimum absolute atomic E-state index is 0.274. The number of hydroxylamine groups is 1. The van der Waals surface area contributed by atoms with E-state index >= 15 is 0 Å². The van der Waals surface area contributed by atoms with E-state index in [9.17, 15) is 9.59 Å². The molecule has 0 fully saturated rings. The Kier molecular flexibility index (Phi) is 4.62. The van der Waals surface area contributed by atoms with Crippen LogP contribution >= 0.6 is 23.2 Å². The monoisotopic (exact) mass is 365 g/mol. The van der Waals surface area contributed by atoms with Crippen molar-refractivity contribution in [2.45, 2.75) is 13.1 Å². The van der Waals surface area contributed by atoms with E-state index in [4.69, 9.17) is 28.4 Å². The number of para-hydroxylation sites is 2. The predicted molar refractivity (Wildman–Crippen MR) is 91.7 cm³/mol. The van der Waals surface area contributed by atoms with Gasteiger partial charge in [0.1, 0.15) is 6.54 Å². The summed E-state index contributed by atoms with van der Waals surface area (Å²) in [6, 6.07) is 12.3. The molecule has 24 heavy (non-hydrogen) atoms. The first kappa shape index (κ1) is 16.6. The first-order valence-corrected chi connectivity index (χ1v) is 7.82. The average Bonchev–Trinajstić information content (AvgIpc) is 2.84. The lowest BCUT2D eigenvalue weighted by atomic mass is 10.2.